The van der Waals surface area contributed by atoms with Crippen LogP contribution in [-0.2, 0) is 9.59 Å². The highest BCUT2D eigenvalue weighted by Gasteiger charge is 2.40. The lowest BCUT2D eigenvalue weighted by molar-refractivity contribution is -0.129. The van der Waals surface area contributed by atoms with Crippen molar-refractivity contribution in [3.05, 3.63) is 26.9 Å². The van der Waals surface area contributed by atoms with Gasteiger partial charge in [0.25, 0.3) is 0 Å². The third-order valence-corrected chi connectivity index (χ3v) is 4.83. The molecule has 0 spiro atoms. The highest BCUT2D eigenvalue weighted by molar-refractivity contribution is 9.11. The standard InChI is InChI=1S/C13H15BrN2O2S/c14-10-7-9(8-19-10)3-4-11(17)16-13(12(15)18)5-1-2-6-13/h3-4,7-8H,1-2,5-6H2,(H2,15,18)(H,16,17)/b4-3-. The maximum Gasteiger partial charge on any atom is 0.244 e. The molecule has 6 heteroatoms. The van der Waals surface area contributed by atoms with Gasteiger partial charge >= 0.3 is 0 Å². The molecule has 2 rings (SSSR count). The van der Waals surface area contributed by atoms with Crippen LogP contribution in [0.2, 0.25) is 0 Å². The normalized spacial score (nSPS) is 17.7. The van der Waals surface area contributed by atoms with E-state index in [4.69, 9.17) is 5.73 Å². The largest absolute Gasteiger partial charge is 0.368 e. The first-order chi connectivity index (χ1) is 9.02. The quantitative estimate of drug-likeness (QED) is 0.825. The minimum atomic E-state index is -0.851. The maximum absolute atomic E-state index is 11.9. The van der Waals surface area contributed by atoms with E-state index < -0.39 is 11.4 Å². The number of nitrogens with two attached hydrogens (primary N) is 1. The van der Waals surface area contributed by atoms with Crippen LogP contribution in [0.25, 0.3) is 6.08 Å². The number of amides is 2. The van der Waals surface area contributed by atoms with Crippen LogP contribution in [0.1, 0.15) is 31.2 Å². The van der Waals surface area contributed by atoms with Gasteiger partial charge in [-0.1, -0.05) is 12.8 Å². The van der Waals surface area contributed by atoms with Crippen molar-refractivity contribution < 1.29 is 9.59 Å². The van der Waals surface area contributed by atoms with Crippen LogP contribution in [0.15, 0.2) is 21.3 Å². The number of rotatable bonds is 4. The molecule has 19 heavy (non-hydrogen) atoms. The molecule has 1 saturated carbocycles. The average molecular weight is 343 g/mol. The van der Waals surface area contributed by atoms with Crippen molar-refractivity contribution in [3.63, 3.8) is 0 Å². The summed E-state index contributed by atoms with van der Waals surface area (Å²) in [5, 5.41) is 4.70. The van der Waals surface area contributed by atoms with Gasteiger partial charge < -0.3 is 11.1 Å². The molecule has 1 heterocycles. The number of hydrogen-bond donors (Lipinski definition) is 2. The number of hydrogen-bond acceptors (Lipinski definition) is 3. The molecular weight excluding hydrogens is 328 g/mol. The number of nitrogens with one attached hydrogen (secondary N) is 1. The van der Waals surface area contributed by atoms with Crippen molar-refractivity contribution in [2.24, 2.45) is 5.73 Å². The van der Waals surface area contributed by atoms with E-state index in [1.807, 2.05) is 11.4 Å². The van der Waals surface area contributed by atoms with Gasteiger partial charge in [-0.05, 0) is 51.9 Å². The van der Waals surface area contributed by atoms with Crippen molar-refractivity contribution in [2.45, 2.75) is 31.2 Å². The Morgan fingerprint density at radius 3 is 2.63 bits per heavy atom. The third-order valence-electron chi connectivity index (χ3n) is 3.31. The Labute approximate surface area is 124 Å². The van der Waals surface area contributed by atoms with Gasteiger partial charge in [-0.15, -0.1) is 11.3 Å². The van der Waals surface area contributed by atoms with E-state index in [0.717, 1.165) is 22.2 Å². The molecule has 1 aromatic heterocycles. The number of halogens is 1. The summed E-state index contributed by atoms with van der Waals surface area (Å²) in [5.74, 6) is -0.715. The van der Waals surface area contributed by atoms with Crippen molar-refractivity contribution in [3.8, 4) is 0 Å². The first-order valence-electron chi connectivity index (χ1n) is 6.06. The fourth-order valence-corrected chi connectivity index (χ4v) is 3.42. The number of carbonyl (C=O) groups is 2. The molecule has 4 nitrogen and oxygen atoms in total. The number of thiophene rings is 1. The minimum absolute atomic E-state index is 0.275. The Bertz CT molecular complexity index is 518. The van der Waals surface area contributed by atoms with Crippen molar-refractivity contribution >= 4 is 45.2 Å². The van der Waals surface area contributed by atoms with Gasteiger partial charge in [0.05, 0.1) is 3.79 Å². The van der Waals surface area contributed by atoms with Gasteiger partial charge in [-0.25, -0.2) is 0 Å². The summed E-state index contributed by atoms with van der Waals surface area (Å²) in [7, 11) is 0. The molecule has 0 aromatic carbocycles. The zero-order chi connectivity index (χ0) is 13.9. The Morgan fingerprint density at radius 2 is 2.11 bits per heavy atom. The van der Waals surface area contributed by atoms with Crippen LogP contribution < -0.4 is 11.1 Å². The smallest absolute Gasteiger partial charge is 0.244 e. The van der Waals surface area contributed by atoms with Crippen LogP contribution in [0.4, 0.5) is 0 Å². The molecule has 1 fully saturated rings. The van der Waals surface area contributed by atoms with E-state index >= 15 is 0 Å². The monoisotopic (exact) mass is 342 g/mol. The van der Waals surface area contributed by atoms with Gasteiger partial charge in [-0.3, -0.25) is 9.59 Å². The molecule has 0 unspecified atom stereocenters. The number of carbonyl (C=O) groups excluding carboxylic acids is 2. The van der Waals surface area contributed by atoms with Crippen LogP contribution in [0.3, 0.4) is 0 Å². The Balaban J connectivity index is 2.00. The SMILES string of the molecule is NC(=O)C1(NC(=O)/C=C\c2csc(Br)c2)CCCC1. The molecule has 2 amide bonds. The van der Waals surface area contributed by atoms with Gasteiger partial charge in [0.15, 0.2) is 0 Å². The summed E-state index contributed by atoms with van der Waals surface area (Å²) >= 11 is 4.91. The second kappa shape index (κ2) is 5.88. The molecule has 3 N–H and O–H groups in total. The first-order valence-corrected chi connectivity index (χ1v) is 7.73. The molecule has 1 aromatic rings. The lowest BCUT2D eigenvalue weighted by Gasteiger charge is -2.25. The summed E-state index contributed by atoms with van der Waals surface area (Å²) in [4.78, 5) is 23.4. The molecule has 0 saturated heterocycles. The summed E-state index contributed by atoms with van der Waals surface area (Å²) < 4.78 is 1.01. The van der Waals surface area contributed by atoms with E-state index in [0.29, 0.717) is 12.8 Å². The molecule has 0 bridgehead atoms. The van der Waals surface area contributed by atoms with E-state index in [1.165, 1.54) is 6.08 Å². The van der Waals surface area contributed by atoms with Crippen molar-refractivity contribution in [2.75, 3.05) is 0 Å². The zero-order valence-corrected chi connectivity index (χ0v) is 12.7. The average Bonchev–Trinajstić information content (AvgIpc) is 2.97. The predicted octanol–water partition coefficient (Wildman–Crippen LogP) is 2.44. The Hall–Kier alpha value is -1.14. The van der Waals surface area contributed by atoms with Gasteiger partial charge in [0.2, 0.25) is 11.8 Å². The number of primary amides is 1. The van der Waals surface area contributed by atoms with Crippen LogP contribution in [0.5, 0.6) is 0 Å². The summed E-state index contributed by atoms with van der Waals surface area (Å²) in [6.45, 7) is 0. The second-order valence-electron chi connectivity index (χ2n) is 4.66. The topological polar surface area (TPSA) is 72.2 Å². The van der Waals surface area contributed by atoms with Crippen LogP contribution >= 0.6 is 27.3 Å². The van der Waals surface area contributed by atoms with Gasteiger partial charge in [0, 0.05) is 6.08 Å². The summed E-state index contributed by atoms with van der Waals surface area (Å²) in [6.07, 6.45) is 6.27. The van der Waals surface area contributed by atoms with Gasteiger partial charge in [0.1, 0.15) is 5.54 Å². The highest BCUT2D eigenvalue weighted by atomic mass is 79.9. The predicted molar refractivity (Wildman–Crippen MR) is 79.6 cm³/mol. The first kappa shape index (κ1) is 14.3. The van der Waals surface area contributed by atoms with Crippen LogP contribution in [0, 0.1) is 0 Å². The third kappa shape index (κ3) is 3.45. The highest BCUT2D eigenvalue weighted by Crippen LogP contribution is 2.29. The second-order valence-corrected chi connectivity index (χ2v) is 6.95. The summed E-state index contributed by atoms with van der Waals surface area (Å²) in [5.41, 5.74) is 5.51. The van der Waals surface area contributed by atoms with E-state index in [1.54, 1.807) is 17.4 Å². The lowest BCUT2D eigenvalue weighted by atomic mass is 9.96. The van der Waals surface area contributed by atoms with E-state index in [2.05, 4.69) is 21.2 Å². The molecule has 0 atom stereocenters. The molecule has 1 aliphatic rings. The minimum Gasteiger partial charge on any atom is -0.368 e. The molecule has 1 aliphatic carbocycles. The van der Waals surface area contributed by atoms with Crippen LogP contribution in [-0.4, -0.2) is 17.4 Å². The van der Waals surface area contributed by atoms with Crippen molar-refractivity contribution in [1.82, 2.24) is 5.32 Å². The fourth-order valence-electron chi connectivity index (χ4n) is 2.27. The maximum atomic E-state index is 11.9. The molecule has 102 valence electrons. The van der Waals surface area contributed by atoms with E-state index in [-0.39, 0.29) is 5.91 Å². The lowest BCUT2D eigenvalue weighted by Crippen LogP contribution is -2.55. The molecular formula is C13H15BrN2O2S. The Morgan fingerprint density at radius 1 is 1.42 bits per heavy atom. The Kier molecular flexibility index (Phi) is 4.42. The van der Waals surface area contributed by atoms with E-state index in [9.17, 15) is 9.59 Å². The molecule has 0 aliphatic heterocycles. The molecule has 0 radical (unpaired) electrons. The zero-order valence-electron chi connectivity index (χ0n) is 10.3. The van der Waals surface area contributed by atoms with Crippen molar-refractivity contribution in [1.29, 1.82) is 0 Å². The van der Waals surface area contributed by atoms with Gasteiger partial charge in [-0.2, -0.15) is 0 Å². The fraction of sp³-hybridized carbons (Fsp3) is 0.385. The summed E-state index contributed by atoms with van der Waals surface area (Å²) in [6, 6.07) is 1.92.